The quantitative estimate of drug-likeness (QED) is 0.514. The Morgan fingerprint density at radius 2 is 1.92 bits per heavy atom. The Morgan fingerprint density at radius 1 is 1.11 bits per heavy atom. The predicted molar refractivity (Wildman–Crippen MR) is 136 cm³/mol. The van der Waals surface area contributed by atoms with Crippen LogP contribution in [-0.2, 0) is 10.0 Å². The first-order valence-electron chi connectivity index (χ1n) is 11.7. The van der Waals surface area contributed by atoms with Crippen LogP contribution < -0.4 is 9.62 Å². The van der Waals surface area contributed by atoms with Crippen molar-refractivity contribution in [3.63, 3.8) is 0 Å². The van der Waals surface area contributed by atoms with Crippen molar-refractivity contribution in [2.24, 2.45) is 0 Å². The highest BCUT2D eigenvalue weighted by molar-refractivity contribution is 7.92. The predicted octanol–water partition coefficient (Wildman–Crippen LogP) is 4.67. The highest BCUT2D eigenvalue weighted by atomic mass is 35.5. The van der Waals surface area contributed by atoms with Crippen LogP contribution in [-0.4, -0.2) is 61.2 Å². The number of sulfonamides is 1. The lowest BCUT2D eigenvalue weighted by Crippen LogP contribution is -2.56. The Balaban J connectivity index is 1.41. The Bertz CT molecular complexity index is 1410. The van der Waals surface area contributed by atoms with Crippen LogP contribution in [0.4, 0.5) is 20.4 Å². The number of nitrogens with one attached hydrogen (secondary N) is 1. The summed E-state index contributed by atoms with van der Waals surface area (Å²) in [6.45, 7) is 5.58. The summed E-state index contributed by atoms with van der Waals surface area (Å²) in [5.74, 6) is 0.106. The number of anilines is 2. The highest BCUT2D eigenvalue weighted by Crippen LogP contribution is 2.33. The fraction of sp³-hybridized carbons (Fsp3) is 0.360. The van der Waals surface area contributed by atoms with E-state index in [1.807, 2.05) is 11.8 Å². The molecule has 3 atom stereocenters. The number of benzene rings is 1. The first kappa shape index (κ1) is 24.9. The van der Waals surface area contributed by atoms with Gasteiger partial charge in [0.2, 0.25) is 0 Å². The molecule has 2 saturated heterocycles. The molecule has 4 heterocycles. The number of aryl methyl sites for hydroxylation is 1. The molecule has 0 saturated carbocycles. The summed E-state index contributed by atoms with van der Waals surface area (Å²) in [6, 6.07) is 12.1. The maximum absolute atomic E-state index is 14.0. The van der Waals surface area contributed by atoms with Gasteiger partial charge >= 0.3 is 0 Å². The van der Waals surface area contributed by atoms with Gasteiger partial charge in [-0.2, -0.15) is 8.42 Å². The number of halogens is 3. The zero-order chi connectivity index (χ0) is 25.6. The summed E-state index contributed by atoms with van der Waals surface area (Å²) in [5, 5.41) is 0.104. The number of piperazine rings is 1. The Morgan fingerprint density at radius 3 is 2.72 bits per heavy atom. The number of nitrogens with zero attached hydrogens (tertiary/aromatic N) is 4. The molecule has 2 aromatic heterocycles. The van der Waals surface area contributed by atoms with Crippen LogP contribution >= 0.6 is 11.6 Å². The van der Waals surface area contributed by atoms with E-state index in [4.69, 9.17) is 11.6 Å². The van der Waals surface area contributed by atoms with Gasteiger partial charge in [-0.25, -0.2) is 18.7 Å². The minimum Gasteiger partial charge on any atom is -0.351 e. The van der Waals surface area contributed by atoms with E-state index >= 15 is 0 Å². The summed E-state index contributed by atoms with van der Waals surface area (Å²) in [6.07, 6.45) is -0.374. The molecule has 2 aliphatic heterocycles. The molecule has 0 amide bonds. The van der Waals surface area contributed by atoms with Crippen LogP contribution in [0.25, 0.3) is 11.3 Å². The van der Waals surface area contributed by atoms with Crippen molar-refractivity contribution in [2.75, 3.05) is 29.3 Å². The van der Waals surface area contributed by atoms with Crippen molar-refractivity contribution in [3.05, 3.63) is 64.9 Å². The molecule has 0 spiro atoms. The van der Waals surface area contributed by atoms with Crippen LogP contribution in [0.15, 0.2) is 53.6 Å². The van der Waals surface area contributed by atoms with Gasteiger partial charge < -0.3 is 4.90 Å². The van der Waals surface area contributed by atoms with Crippen LogP contribution in [0.3, 0.4) is 0 Å². The molecular formula is C25H26ClF2N5O2S. The highest BCUT2D eigenvalue weighted by Gasteiger charge is 2.41. The first-order valence-corrected chi connectivity index (χ1v) is 13.6. The van der Waals surface area contributed by atoms with Gasteiger partial charge in [-0.1, -0.05) is 23.7 Å². The molecule has 1 unspecified atom stereocenters. The molecule has 1 N–H and O–H groups in total. The number of hydrogen-bond acceptors (Lipinski definition) is 6. The number of fused-ring (bicyclic) bond motifs is 1. The number of aromatic nitrogens is 2. The molecule has 5 rings (SSSR count). The van der Waals surface area contributed by atoms with Crippen LogP contribution in [0.2, 0.25) is 5.02 Å². The normalized spacial score (nSPS) is 22.5. The van der Waals surface area contributed by atoms with Crippen molar-refractivity contribution in [3.8, 4) is 11.3 Å². The average molecular weight is 534 g/mol. The monoisotopic (exact) mass is 533 g/mol. The smallest absolute Gasteiger partial charge is 0.280 e. The van der Waals surface area contributed by atoms with Crippen molar-refractivity contribution in [1.29, 1.82) is 0 Å². The largest absolute Gasteiger partial charge is 0.351 e. The van der Waals surface area contributed by atoms with Crippen molar-refractivity contribution < 1.29 is 17.2 Å². The molecule has 0 aliphatic carbocycles. The summed E-state index contributed by atoms with van der Waals surface area (Å²) >= 11 is 6.30. The fourth-order valence-electron chi connectivity index (χ4n) is 5.05. The molecule has 11 heteroatoms. The second kappa shape index (κ2) is 9.57. The summed E-state index contributed by atoms with van der Waals surface area (Å²) in [4.78, 5) is 13.0. The van der Waals surface area contributed by atoms with E-state index in [1.54, 1.807) is 25.1 Å². The standard InChI is InChI=1S/C25H26ClF2N5O2S/c1-15-6-7-17(27)12-19(15)25-20(26)8-9-22(29-25)31-36(34,35)24-5-3-4-23(30-24)33-11-10-32-14-18(28)13-21(32)16(33)2/h3-9,12,16,18,21H,10-11,13-14H2,1-2H3,(H,29,31)/t16-,18-,21?/m0/s1. The molecule has 2 fully saturated rings. The molecule has 190 valence electrons. The summed E-state index contributed by atoms with van der Waals surface area (Å²) in [5.41, 5.74) is 1.48. The molecule has 7 nitrogen and oxygen atoms in total. The minimum atomic E-state index is -4.09. The van der Waals surface area contributed by atoms with E-state index in [-0.39, 0.29) is 33.6 Å². The van der Waals surface area contributed by atoms with Gasteiger partial charge in [0.25, 0.3) is 10.0 Å². The third kappa shape index (κ3) is 4.77. The van der Waals surface area contributed by atoms with Crippen LogP contribution in [0.5, 0.6) is 0 Å². The van der Waals surface area contributed by atoms with Crippen molar-refractivity contribution >= 4 is 33.3 Å². The van der Waals surface area contributed by atoms with E-state index in [2.05, 4.69) is 19.6 Å². The summed E-state index contributed by atoms with van der Waals surface area (Å²) < 4.78 is 56.7. The lowest BCUT2D eigenvalue weighted by molar-refractivity contribution is 0.190. The van der Waals surface area contributed by atoms with Gasteiger partial charge in [-0.15, -0.1) is 0 Å². The van der Waals surface area contributed by atoms with E-state index in [1.165, 1.54) is 30.3 Å². The zero-order valence-electron chi connectivity index (χ0n) is 19.8. The molecular weight excluding hydrogens is 508 g/mol. The van der Waals surface area contributed by atoms with E-state index in [0.717, 1.165) is 5.56 Å². The van der Waals surface area contributed by atoms with Crippen LogP contribution in [0, 0.1) is 12.7 Å². The Labute approximate surface area is 214 Å². The van der Waals surface area contributed by atoms with Crippen LogP contribution in [0.1, 0.15) is 18.9 Å². The molecule has 0 bridgehead atoms. The van der Waals surface area contributed by atoms with Gasteiger partial charge in [-0.05, 0) is 62.2 Å². The minimum absolute atomic E-state index is 0.00656. The van der Waals surface area contributed by atoms with Gasteiger partial charge in [0.05, 0.1) is 10.7 Å². The second-order valence-electron chi connectivity index (χ2n) is 9.25. The molecule has 2 aliphatic rings. The Kier molecular flexibility index (Phi) is 6.61. The van der Waals surface area contributed by atoms with Crippen molar-refractivity contribution in [1.82, 2.24) is 14.9 Å². The number of pyridine rings is 2. The first-order chi connectivity index (χ1) is 17.1. The van der Waals surface area contributed by atoms with Gasteiger partial charge in [0.1, 0.15) is 23.6 Å². The zero-order valence-corrected chi connectivity index (χ0v) is 21.4. The Hall–Kier alpha value is -2.82. The van der Waals surface area contributed by atoms with Gasteiger partial charge in [0, 0.05) is 37.3 Å². The van der Waals surface area contributed by atoms with Gasteiger partial charge in [-0.3, -0.25) is 9.62 Å². The SMILES string of the molecule is Cc1ccc(F)cc1-c1nc(NS(=O)(=O)c2cccc(N3CCN4C[C@@H](F)CC4[C@@H]3C)n2)ccc1Cl. The molecule has 0 radical (unpaired) electrons. The third-order valence-corrected chi connectivity index (χ3v) is 8.45. The van der Waals surface area contributed by atoms with Gasteiger partial charge in [0.15, 0.2) is 5.03 Å². The lowest BCUT2D eigenvalue weighted by Gasteiger charge is -2.43. The maximum Gasteiger partial charge on any atom is 0.280 e. The van der Waals surface area contributed by atoms with E-state index in [0.29, 0.717) is 37.4 Å². The third-order valence-electron chi connectivity index (χ3n) is 6.89. The van der Waals surface area contributed by atoms with E-state index < -0.39 is 22.0 Å². The molecule has 3 aromatic rings. The summed E-state index contributed by atoms with van der Waals surface area (Å²) in [7, 11) is -4.09. The second-order valence-corrected chi connectivity index (χ2v) is 11.3. The van der Waals surface area contributed by atoms with E-state index in [9.17, 15) is 17.2 Å². The number of hydrogen-bond donors (Lipinski definition) is 1. The molecule has 1 aromatic carbocycles. The fourth-order valence-corrected chi connectivity index (χ4v) is 6.22. The number of alkyl halides is 1. The van der Waals surface area contributed by atoms with Crippen molar-refractivity contribution in [2.45, 2.75) is 43.5 Å². The number of rotatable bonds is 5. The maximum atomic E-state index is 14.0. The lowest BCUT2D eigenvalue weighted by atomic mass is 10.0. The topological polar surface area (TPSA) is 78.4 Å². The molecule has 36 heavy (non-hydrogen) atoms. The average Bonchev–Trinajstić information content (AvgIpc) is 3.23.